The fourth-order valence-corrected chi connectivity index (χ4v) is 3.35. The van der Waals surface area contributed by atoms with E-state index in [-0.39, 0.29) is 11.3 Å². The van der Waals surface area contributed by atoms with Crippen molar-refractivity contribution in [3.8, 4) is 10.6 Å². The molecule has 3 rings (SSSR count). The highest BCUT2D eigenvalue weighted by Crippen LogP contribution is 2.24. The van der Waals surface area contributed by atoms with Crippen molar-refractivity contribution in [3.63, 3.8) is 0 Å². The molecule has 2 amide bonds. The number of likely N-dealkylation sites (N-methyl/N-ethyl adjacent to an activating group) is 1. The van der Waals surface area contributed by atoms with Crippen molar-refractivity contribution in [2.45, 2.75) is 13.0 Å². The summed E-state index contributed by atoms with van der Waals surface area (Å²) in [4.78, 5) is 29.1. The number of nitrogens with one attached hydrogen (secondary N) is 2. The van der Waals surface area contributed by atoms with E-state index in [1.54, 1.807) is 5.38 Å². The lowest BCUT2D eigenvalue weighted by Crippen LogP contribution is -2.39. The first-order valence-corrected chi connectivity index (χ1v) is 9.27. The van der Waals surface area contributed by atoms with Crippen LogP contribution in [0.1, 0.15) is 27.7 Å². The Bertz CT molecular complexity index is 1020. The van der Waals surface area contributed by atoms with Crippen LogP contribution in [0.5, 0.6) is 0 Å². The summed E-state index contributed by atoms with van der Waals surface area (Å²) in [6.45, 7) is 1.97. The van der Waals surface area contributed by atoms with Gasteiger partial charge in [-0.25, -0.2) is 13.8 Å². The average Bonchev–Trinajstić information content (AvgIpc) is 3.18. The van der Waals surface area contributed by atoms with E-state index in [2.05, 4.69) is 15.6 Å². The number of carbonyl (C=O) groups excluding carboxylic acids is 2. The lowest BCUT2D eigenvalue weighted by molar-refractivity contribution is -0.122. The van der Waals surface area contributed by atoms with Crippen LogP contribution in [-0.2, 0) is 4.79 Å². The third-order valence-electron chi connectivity index (χ3n) is 4.10. The molecule has 0 aliphatic carbocycles. The molecule has 1 heterocycles. The van der Waals surface area contributed by atoms with Crippen LogP contribution in [0.4, 0.5) is 8.78 Å². The van der Waals surface area contributed by atoms with Crippen molar-refractivity contribution in [2.24, 2.45) is 0 Å². The number of aromatic nitrogens is 1. The topological polar surface area (TPSA) is 71.1 Å². The number of aryl methyl sites for hydroxylation is 1. The molecule has 144 valence electrons. The van der Waals surface area contributed by atoms with Crippen LogP contribution in [0.3, 0.4) is 0 Å². The Labute approximate surface area is 164 Å². The van der Waals surface area contributed by atoms with E-state index in [1.807, 2.05) is 31.2 Å². The van der Waals surface area contributed by atoms with Gasteiger partial charge < -0.3 is 10.6 Å². The van der Waals surface area contributed by atoms with Crippen molar-refractivity contribution >= 4 is 23.2 Å². The number of halogens is 2. The first-order chi connectivity index (χ1) is 13.4. The summed E-state index contributed by atoms with van der Waals surface area (Å²) in [6, 6.07) is 9.56. The number of hydrogen-bond acceptors (Lipinski definition) is 4. The number of nitrogens with zero attached hydrogens (tertiary/aromatic N) is 1. The SMILES string of the molecule is CNC(=O)C(NC(=O)c1csc(-c2ccc(C)cc2)n1)c1ccc(F)c(F)c1. The van der Waals surface area contributed by atoms with Crippen LogP contribution in [-0.4, -0.2) is 23.8 Å². The molecular formula is C20H17F2N3O2S. The van der Waals surface area contributed by atoms with Gasteiger partial charge in [-0.3, -0.25) is 9.59 Å². The van der Waals surface area contributed by atoms with Crippen molar-refractivity contribution in [2.75, 3.05) is 7.05 Å². The maximum Gasteiger partial charge on any atom is 0.271 e. The normalized spacial score (nSPS) is 11.7. The van der Waals surface area contributed by atoms with Crippen LogP contribution < -0.4 is 10.6 Å². The fraction of sp³-hybridized carbons (Fsp3) is 0.150. The van der Waals surface area contributed by atoms with E-state index in [9.17, 15) is 18.4 Å². The smallest absolute Gasteiger partial charge is 0.271 e. The Morgan fingerprint density at radius 1 is 1.07 bits per heavy atom. The maximum atomic E-state index is 13.6. The Hall–Kier alpha value is -3.13. The van der Waals surface area contributed by atoms with Gasteiger partial charge in [0.25, 0.3) is 5.91 Å². The van der Waals surface area contributed by atoms with Gasteiger partial charge in [-0.1, -0.05) is 35.9 Å². The number of hydrogen-bond donors (Lipinski definition) is 2. The molecule has 2 N–H and O–H groups in total. The van der Waals surface area contributed by atoms with Crippen LogP contribution in [0, 0.1) is 18.6 Å². The van der Waals surface area contributed by atoms with Gasteiger partial charge in [-0.15, -0.1) is 11.3 Å². The molecule has 0 saturated carbocycles. The lowest BCUT2D eigenvalue weighted by atomic mass is 10.1. The summed E-state index contributed by atoms with van der Waals surface area (Å²) >= 11 is 1.30. The zero-order chi connectivity index (χ0) is 20.3. The molecule has 1 unspecified atom stereocenters. The molecule has 1 atom stereocenters. The van der Waals surface area contributed by atoms with E-state index in [1.165, 1.54) is 24.5 Å². The molecule has 0 saturated heterocycles. The Balaban J connectivity index is 1.83. The second-order valence-electron chi connectivity index (χ2n) is 6.10. The predicted octanol–water partition coefficient (Wildman–Crippen LogP) is 3.61. The van der Waals surface area contributed by atoms with Gasteiger partial charge in [0.2, 0.25) is 5.91 Å². The van der Waals surface area contributed by atoms with Gasteiger partial charge in [-0.2, -0.15) is 0 Å². The third-order valence-corrected chi connectivity index (χ3v) is 4.99. The Morgan fingerprint density at radius 3 is 2.43 bits per heavy atom. The first-order valence-electron chi connectivity index (χ1n) is 8.39. The summed E-state index contributed by atoms with van der Waals surface area (Å²) < 4.78 is 26.7. The standard InChI is InChI=1S/C20H17F2N3O2S/c1-11-3-5-12(6-4-11)20-24-16(10-28-20)18(26)25-17(19(27)23-2)13-7-8-14(21)15(22)9-13/h3-10,17H,1-2H3,(H,23,27)(H,25,26). The summed E-state index contributed by atoms with van der Waals surface area (Å²) in [6.07, 6.45) is 0. The summed E-state index contributed by atoms with van der Waals surface area (Å²) in [5.41, 5.74) is 2.24. The van der Waals surface area contributed by atoms with Crippen molar-refractivity contribution < 1.29 is 18.4 Å². The van der Waals surface area contributed by atoms with Crippen molar-refractivity contribution in [3.05, 3.63) is 76.3 Å². The fourth-order valence-electron chi connectivity index (χ4n) is 2.55. The molecular weight excluding hydrogens is 384 g/mol. The highest BCUT2D eigenvalue weighted by molar-refractivity contribution is 7.13. The molecule has 8 heteroatoms. The first kappa shape index (κ1) is 19.6. The van der Waals surface area contributed by atoms with E-state index >= 15 is 0 Å². The Morgan fingerprint density at radius 2 is 1.79 bits per heavy atom. The number of benzene rings is 2. The van der Waals surface area contributed by atoms with Gasteiger partial charge in [0.1, 0.15) is 16.7 Å². The molecule has 1 aromatic heterocycles. The minimum Gasteiger partial charge on any atom is -0.357 e. The molecule has 5 nitrogen and oxygen atoms in total. The minimum absolute atomic E-state index is 0.126. The molecule has 0 aliphatic heterocycles. The summed E-state index contributed by atoms with van der Waals surface area (Å²) in [7, 11) is 1.39. The molecule has 0 radical (unpaired) electrons. The molecule has 0 fully saturated rings. The largest absolute Gasteiger partial charge is 0.357 e. The van der Waals surface area contributed by atoms with Crippen LogP contribution in [0.25, 0.3) is 10.6 Å². The lowest BCUT2D eigenvalue weighted by Gasteiger charge is -2.17. The monoisotopic (exact) mass is 401 g/mol. The highest BCUT2D eigenvalue weighted by Gasteiger charge is 2.24. The van der Waals surface area contributed by atoms with Gasteiger partial charge in [0.15, 0.2) is 11.6 Å². The number of thiazole rings is 1. The summed E-state index contributed by atoms with van der Waals surface area (Å²) in [5.74, 6) is -3.29. The van der Waals surface area contributed by atoms with Gasteiger partial charge in [-0.05, 0) is 24.6 Å². The summed E-state index contributed by atoms with van der Waals surface area (Å²) in [5, 5.41) is 7.17. The molecule has 0 spiro atoms. The average molecular weight is 401 g/mol. The zero-order valence-electron chi connectivity index (χ0n) is 15.1. The van der Waals surface area contributed by atoms with E-state index in [4.69, 9.17) is 0 Å². The second kappa shape index (κ2) is 8.26. The molecule has 2 aromatic carbocycles. The van der Waals surface area contributed by atoms with Crippen LogP contribution in [0.15, 0.2) is 47.8 Å². The van der Waals surface area contributed by atoms with Crippen LogP contribution >= 0.6 is 11.3 Å². The van der Waals surface area contributed by atoms with Crippen molar-refractivity contribution in [1.29, 1.82) is 0 Å². The molecule has 28 heavy (non-hydrogen) atoms. The zero-order valence-corrected chi connectivity index (χ0v) is 15.9. The quantitative estimate of drug-likeness (QED) is 0.686. The van der Waals surface area contributed by atoms with E-state index < -0.39 is 29.5 Å². The van der Waals surface area contributed by atoms with E-state index in [0.29, 0.717) is 5.01 Å². The molecule has 0 bridgehead atoms. The molecule has 3 aromatic rings. The molecule has 0 aliphatic rings. The predicted molar refractivity (Wildman–Crippen MR) is 103 cm³/mol. The second-order valence-corrected chi connectivity index (χ2v) is 6.96. The highest BCUT2D eigenvalue weighted by atomic mass is 32.1. The minimum atomic E-state index is -1.18. The number of amides is 2. The van der Waals surface area contributed by atoms with Crippen molar-refractivity contribution in [1.82, 2.24) is 15.6 Å². The van der Waals surface area contributed by atoms with Gasteiger partial charge in [0.05, 0.1) is 0 Å². The number of carbonyl (C=O) groups is 2. The van der Waals surface area contributed by atoms with Crippen LogP contribution in [0.2, 0.25) is 0 Å². The van der Waals surface area contributed by atoms with Gasteiger partial charge >= 0.3 is 0 Å². The maximum absolute atomic E-state index is 13.6. The Kier molecular flexibility index (Phi) is 5.79. The van der Waals surface area contributed by atoms with E-state index in [0.717, 1.165) is 23.3 Å². The number of rotatable bonds is 5. The van der Waals surface area contributed by atoms with Gasteiger partial charge in [0, 0.05) is 18.0 Å². The third kappa shape index (κ3) is 4.23.